The van der Waals surface area contributed by atoms with E-state index in [2.05, 4.69) is 12.2 Å². The molecule has 1 aliphatic heterocycles. The molecule has 1 saturated heterocycles. The van der Waals surface area contributed by atoms with Crippen molar-refractivity contribution in [2.24, 2.45) is 0 Å². The van der Waals surface area contributed by atoms with Gasteiger partial charge in [0.2, 0.25) is 5.91 Å². The third-order valence-corrected chi connectivity index (χ3v) is 3.65. The van der Waals surface area contributed by atoms with Gasteiger partial charge in [0.05, 0.1) is 20.6 Å². The maximum absolute atomic E-state index is 12.4. The molecule has 1 aromatic carbocycles. The summed E-state index contributed by atoms with van der Waals surface area (Å²) in [5, 5.41) is 3.29. The van der Waals surface area contributed by atoms with Gasteiger partial charge in [-0.25, -0.2) is 0 Å². The molecule has 1 amide bonds. The number of rotatable bonds is 4. The third-order valence-electron chi connectivity index (χ3n) is 3.65. The zero-order valence-corrected chi connectivity index (χ0v) is 13.5. The maximum atomic E-state index is 12.4. The number of nitrogens with zero attached hydrogens (tertiary/aromatic N) is 1. The minimum absolute atomic E-state index is 0. The second-order valence-corrected chi connectivity index (χ2v) is 4.99. The van der Waals surface area contributed by atoms with Gasteiger partial charge in [-0.1, -0.05) is 0 Å². The van der Waals surface area contributed by atoms with Gasteiger partial charge in [0.15, 0.2) is 0 Å². The van der Waals surface area contributed by atoms with Crippen LogP contribution in [0.3, 0.4) is 0 Å². The van der Waals surface area contributed by atoms with Gasteiger partial charge in [-0.2, -0.15) is 0 Å². The van der Waals surface area contributed by atoms with Crippen molar-refractivity contribution < 1.29 is 14.3 Å². The second-order valence-electron chi connectivity index (χ2n) is 4.99. The molecule has 6 heteroatoms. The van der Waals surface area contributed by atoms with Gasteiger partial charge in [0.1, 0.15) is 11.5 Å². The zero-order valence-electron chi connectivity index (χ0n) is 12.7. The predicted octanol–water partition coefficient (Wildman–Crippen LogP) is 1.49. The normalized spacial score (nSPS) is 17.9. The van der Waals surface area contributed by atoms with Gasteiger partial charge in [0.25, 0.3) is 0 Å². The summed E-state index contributed by atoms with van der Waals surface area (Å²) >= 11 is 0. The van der Waals surface area contributed by atoms with Crippen molar-refractivity contribution in [1.29, 1.82) is 0 Å². The molecule has 1 fully saturated rings. The Morgan fingerprint density at radius 2 is 2.14 bits per heavy atom. The molecule has 1 N–H and O–H groups in total. The number of methoxy groups -OCH3 is 2. The first-order chi connectivity index (χ1) is 9.65. The SMILES string of the molecule is COc1ccc(OC)c(CC(=O)N2CCNCC2C)c1.Cl. The Kier molecular flexibility index (Phi) is 6.78. The molecule has 0 bridgehead atoms. The summed E-state index contributed by atoms with van der Waals surface area (Å²) in [6, 6.07) is 5.76. The van der Waals surface area contributed by atoms with Crippen LogP contribution < -0.4 is 14.8 Å². The molecule has 2 rings (SSSR count). The van der Waals surface area contributed by atoms with Gasteiger partial charge in [-0.3, -0.25) is 4.79 Å². The molecule has 1 atom stereocenters. The standard InChI is InChI=1S/C15H22N2O3.ClH/c1-11-10-16-6-7-17(11)15(18)9-12-8-13(19-2)4-5-14(12)20-3;/h4-5,8,11,16H,6-7,9-10H2,1-3H3;1H. The largest absolute Gasteiger partial charge is 0.497 e. The van der Waals surface area contributed by atoms with Crippen LogP contribution in [0.5, 0.6) is 11.5 Å². The molecular weight excluding hydrogens is 292 g/mol. The Labute approximate surface area is 132 Å². The Balaban J connectivity index is 0.00000220. The van der Waals surface area contributed by atoms with E-state index in [1.54, 1.807) is 14.2 Å². The van der Waals surface area contributed by atoms with Crippen LogP contribution in [0.4, 0.5) is 0 Å². The minimum atomic E-state index is 0. The number of carbonyl (C=O) groups is 1. The van der Waals surface area contributed by atoms with Crippen LogP contribution in [-0.4, -0.2) is 50.7 Å². The van der Waals surface area contributed by atoms with Crippen molar-refractivity contribution in [3.05, 3.63) is 23.8 Å². The van der Waals surface area contributed by atoms with Crippen molar-refractivity contribution in [2.45, 2.75) is 19.4 Å². The molecule has 0 aromatic heterocycles. The first kappa shape index (κ1) is 17.6. The summed E-state index contributed by atoms with van der Waals surface area (Å²) < 4.78 is 10.5. The lowest BCUT2D eigenvalue weighted by Crippen LogP contribution is -2.52. The van der Waals surface area contributed by atoms with E-state index >= 15 is 0 Å². The summed E-state index contributed by atoms with van der Waals surface area (Å²) in [7, 11) is 3.23. The number of carbonyl (C=O) groups excluding carboxylic acids is 1. The fraction of sp³-hybridized carbons (Fsp3) is 0.533. The molecule has 1 aliphatic rings. The molecule has 1 unspecified atom stereocenters. The van der Waals surface area contributed by atoms with E-state index in [9.17, 15) is 4.79 Å². The van der Waals surface area contributed by atoms with Crippen LogP contribution in [0, 0.1) is 0 Å². The number of piperazine rings is 1. The van der Waals surface area contributed by atoms with E-state index in [1.165, 1.54) is 0 Å². The quantitative estimate of drug-likeness (QED) is 0.915. The van der Waals surface area contributed by atoms with Crippen molar-refractivity contribution >= 4 is 18.3 Å². The topological polar surface area (TPSA) is 50.8 Å². The number of hydrogen-bond donors (Lipinski definition) is 1. The van der Waals surface area contributed by atoms with Crippen molar-refractivity contribution in [2.75, 3.05) is 33.9 Å². The van der Waals surface area contributed by atoms with Crippen LogP contribution in [0.1, 0.15) is 12.5 Å². The van der Waals surface area contributed by atoms with Crippen LogP contribution in [-0.2, 0) is 11.2 Å². The van der Waals surface area contributed by atoms with E-state index in [1.807, 2.05) is 23.1 Å². The highest BCUT2D eigenvalue weighted by molar-refractivity contribution is 5.85. The molecule has 0 radical (unpaired) electrons. The van der Waals surface area contributed by atoms with E-state index in [0.717, 1.165) is 36.7 Å². The second kappa shape index (κ2) is 8.10. The van der Waals surface area contributed by atoms with E-state index in [0.29, 0.717) is 6.42 Å². The molecule has 1 aromatic rings. The Morgan fingerprint density at radius 3 is 2.76 bits per heavy atom. The number of nitrogens with one attached hydrogen (secondary N) is 1. The molecule has 0 saturated carbocycles. The summed E-state index contributed by atoms with van der Waals surface area (Å²) in [4.78, 5) is 14.4. The van der Waals surface area contributed by atoms with E-state index in [4.69, 9.17) is 9.47 Å². The Bertz CT molecular complexity index is 482. The first-order valence-electron chi connectivity index (χ1n) is 6.86. The van der Waals surface area contributed by atoms with Crippen LogP contribution in [0.15, 0.2) is 18.2 Å². The molecule has 1 heterocycles. The lowest BCUT2D eigenvalue weighted by Gasteiger charge is -2.34. The Morgan fingerprint density at radius 1 is 1.38 bits per heavy atom. The smallest absolute Gasteiger partial charge is 0.227 e. The van der Waals surface area contributed by atoms with Gasteiger partial charge in [0, 0.05) is 31.2 Å². The summed E-state index contributed by atoms with van der Waals surface area (Å²) in [5.74, 6) is 1.59. The Hall–Kier alpha value is -1.46. The highest BCUT2D eigenvalue weighted by Gasteiger charge is 2.23. The van der Waals surface area contributed by atoms with Gasteiger partial charge in [-0.15, -0.1) is 12.4 Å². The number of amides is 1. The molecule has 0 aliphatic carbocycles. The van der Waals surface area contributed by atoms with Gasteiger partial charge >= 0.3 is 0 Å². The van der Waals surface area contributed by atoms with Crippen molar-refractivity contribution in [3.8, 4) is 11.5 Å². The summed E-state index contributed by atoms with van der Waals surface area (Å²) in [5.41, 5.74) is 0.864. The fourth-order valence-corrected chi connectivity index (χ4v) is 2.50. The highest BCUT2D eigenvalue weighted by Crippen LogP contribution is 2.25. The monoisotopic (exact) mass is 314 g/mol. The van der Waals surface area contributed by atoms with E-state index < -0.39 is 0 Å². The average molecular weight is 315 g/mol. The number of benzene rings is 1. The molecular formula is C15H23ClN2O3. The number of ether oxygens (including phenoxy) is 2. The average Bonchev–Trinajstić information content (AvgIpc) is 2.47. The first-order valence-corrected chi connectivity index (χ1v) is 6.86. The lowest BCUT2D eigenvalue weighted by atomic mass is 10.1. The maximum Gasteiger partial charge on any atom is 0.227 e. The molecule has 21 heavy (non-hydrogen) atoms. The van der Waals surface area contributed by atoms with Crippen LogP contribution >= 0.6 is 12.4 Å². The number of hydrogen-bond acceptors (Lipinski definition) is 4. The van der Waals surface area contributed by atoms with Crippen molar-refractivity contribution in [1.82, 2.24) is 10.2 Å². The minimum Gasteiger partial charge on any atom is -0.497 e. The van der Waals surface area contributed by atoms with E-state index in [-0.39, 0.29) is 24.4 Å². The van der Waals surface area contributed by atoms with Crippen LogP contribution in [0.2, 0.25) is 0 Å². The summed E-state index contributed by atoms with van der Waals surface area (Å²) in [6.07, 6.45) is 0.338. The molecule has 0 spiro atoms. The molecule has 118 valence electrons. The highest BCUT2D eigenvalue weighted by atomic mass is 35.5. The van der Waals surface area contributed by atoms with Crippen molar-refractivity contribution in [3.63, 3.8) is 0 Å². The predicted molar refractivity (Wildman–Crippen MR) is 84.5 cm³/mol. The lowest BCUT2D eigenvalue weighted by molar-refractivity contribution is -0.133. The van der Waals surface area contributed by atoms with Crippen LogP contribution in [0.25, 0.3) is 0 Å². The number of halogens is 1. The zero-order chi connectivity index (χ0) is 14.5. The van der Waals surface area contributed by atoms with Gasteiger partial charge < -0.3 is 19.7 Å². The third kappa shape index (κ3) is 4.25. The van der Waals surface area contributed by atoms with Gasteiger partial charge in [-0.05, 0) is 25.1 Å². The molecule has 5 nitrogen and oxygen atoms in total. The summed E-state index contributed by atoms with van der Waals surface area (Å²) in [6.45, 7) is 4.52. The fourth-order valence-electron chi connectivity index (χ4n) is 2.50.